The van der Waals surface area contributed by atoms with Gasteiger partial charge in [0.1, 0.15) is 5.82 Å². The molecule has 1 aliphatic heterocycles. The van der Waals surface area contributed by atoms with Gasteiger partial charge in [-0.05, 0) is 24.3 Å². The van der Waals surface area contributed by atoms with E-state index < -0.39 is 37.4 Å². The first kappa shape index (κ1) is 18.3. The van der Waals surface area contributed by atoms with E-state index in [1.165, 1.54) is 36.4 Å². The van der Waals surface area contributed by atoms with E-state index in [2.05, 4.69) is 0 Å². The molecule has 1 aliphatic rings. The minimum Gasteiger partial charge on any atom is -0.348 e. The minimum absolute atomic E-state index is 0.0645. The van der Waals surface area contributed by atoms with Crippen molar-refractivity contribution in [2.24, 2.45) is 0 Å². The van der Waals surface area contributed by atoms with Crippen molar-refractivity contribution in [1.82, 2.24) is 8.87 Å². The van der Waals surface area contributed by atoms with Gasteiger partial charge in [-0.1, -0.05) is 30.3 Å². The highest BCUT2D eigenvalue weighted by molar-refractivity contribution is 7.89. The molecule has 1 aromatic heterocycles. The van der Waals surface area contributed by atoms with Crippen LogP contribution >= 0.6 is 0 Å². The third-order valence-electron chi connectivity index (χ3n) is 4.84. The monoisotopic (exact) mass is 401 g/mol. The Bertz CT molecular complexity index is 1160. The molecule has 0 radical (unpaired) electrons. The number of fused-ring (bicyclic) bond motifs is 1. The molecule has 3 aromatic rings. The first-order valence-electron chi connectivity index (χ1n) is 8.56. The van der Waals surface area contributed by atoms with Crippen molar-refractivity contribution < 1.29 is 17.7 Å². The fraction of sp³-hybridized carbons (Fsp3) is 0.158. The molecule has 144 valence electrons. The smallest absolute Gasteiger partial charge is 0.289 e. The predicted molar refractivity (Wildman–Crippen MR) is 99.7 cm³/mol. The summed E-state index contributed by atoms with van der Waals surface area (Å²) in [6.45, 7) is 0.433. The topological polar surface area (TPSA) is 85.4 Å². The quantitative estimate of drug-likeness (QED) is 0.496. The first-order valence-corrected chi connectivity index (χ1v) is 10.00. The molecule has 0 saturated carbocycles. The molecular weight excluding hydrogens is 385 g/mol. The molecule has 2 heterocycles. The van der Waals surface area contributed by atoms with E-state index in [1.54, 1.807) is 24.4 Å². The van der Waals surface area contributed by atoms with E-state index in [0.717, 1.165) is 10.4 Å². The summed E-state index contributed by atoms with van der Waals surface area (Å²) in [7, 11) is -4.26. The van der Waals surface area contributed by atoms with Gasteiger partial charge in [0.2, 0.25) is 0 Å². The molecule has 0 saturated heterocycles. The predicted octanol–water partition coefficient (Wildman–Crippen LogP) is 3.33. The molecule has 7 nitrogen and oxygen atoms in total. The van der Waals surface area contributed by atoms with E-state index in [-0.39, 0.29) is 12.1 Å². The van der Waals surface area contributed by atoms with Crippen molar-refractivity contribution in [2.45, 2.75) is 17.5 Å². The molecule has 0 aliphatic carbocycles. The molecular formula is C19H16FN3O4S. The summed E-state index contributed by atoms with van der Waals surface area (Å²) in [5, 5.41) is 11.4. The largest absolute Gasteiger partial charge is 0.348 e. The Morgan fingerprint density at radius 2 is 1.71 bits per heavy atom. The highest BCUT2D eigenvalue weighted by Gasteiger charge is 2.41. The van der Waals surface area contributed by atoms with Crippen LogP contribution in [0, 0.1) is 15.9 Å². The molecule has 0 fully saturated rings. The van der Waals surface area contributed by atoms with Crippen LogP contribution < -0.4 is 0 Å². The van der Waals surface area contributed by atoms with Crippen LogP contribution in [0.2, 0.25) is 0 Å². The normalized spacial score (nSPS) is 17.2. The molecule has 28 heavy (non-hydrogen) atoms. The molecule has 4 rings (SSSR count). The van der Waals surface area contributed by atoms with Gasteiger partial charge in [0.05, 0.1) is 11.0 Å². The third kappa shape index (κ3) is 2.88. The summed E-state index contributed by atoms with van der Waals surface area (Å²) in [5.41, 5.74) is 0.304. The van der Waals surface area contributed by atoms with Crippen LogP contribution in [-0.4, -0.2) is 28.8 Å². The van der Waals surface area contributed by atoms with Gasteiger partial charge in [0, 0.05) is 36.6 Å². The van der Waals surface area contributed by atoms with E-state index >= 15 is 0 Å². The average Bonchev–Trinajstić information content (AvgIpc) is 3.16. The molecule has 0 unspecified atom stereocenters. The average molecular weight is 401 g/mol. The Balaban J connectivity index is 1.91. The maximum atomic E-state index is 14.6. The van der Waals surface area contributed by atoms with Gasteiger partial charge in [-0.25, -0.2) is 12.8 Å². The lowest BCUT2D eigenvalue weighted by atomic mass is 10.0. The van der Waals surface area contributed by atoms with Crippen molar-refractivity contribution >= 4 is 15.7 Å². The zero-order valence-electron chi connectivity index (χ0n) is 14.6. The maximum Gasteiger partial charge on any atom is 0.289 e. The molecule has 1 atom stereocenters. The highest BCUT2D eigenvalue weighted by Crippen LogP contribution is 2.39. The number of hydrogen-bond acceptors (Lipinski definition) is 4. The van der Waals surface area contributed by atoms with Crippen molar-refractivity contribution in [2.75, 3.05) is 6.54 Å². The number of nitro groups is 1. The number of sulfonamides is 1. The number of benzene rings is 2. The van der Waals surface area contributed by atoms with Gasteiger partial charge in [-0.2, -0.15) is 4.31 Å². The minimum atomic E-state index is -4.26. The summed E-state index contributed by atoms with van der Waals surface area (Å²) in [5.74, 6) is -0.537. The number of aromatic nitrogens is 1. The number of hydrogen-bond donors (Lipinski definition) is 0. The molecule has 0 spiro atoms. The highest BCUT2D eigenvalue weighted by atomic mass is 32.2. The van der Waals surface area contributed by atoms with Crippen LogP contribution in [0.15, 0.2) is 71.8 Å². The number of halogens is 1. The Kier molecular flexibility index (Phi) is 4.48. The maximum absolute atomic E-state index is 14.6. The van der Waals surface area contributed by atoms with Crippen LogP contribution in [0.3, 0.4) is 0 Å². The van der Waals surface area contributed by atoms with Crippen LogP contribution in [0.1, 0.15) is 17.3 Å². The second kappa shape index (κ2) is 6.84. The standard InChI is InChI=1S/C19H16FN3O4S/c20-15-7-2-1-6-14(15)19-17-9-5-11-21(17)12-13-22(19)28(26,27)18-10-4-3-8-16(18)23(24)25/h1-11,19H,12-13H2/t19-/m1/s1. The van der Waals surface area contributed by atoms with Crippen molar-refractivity contribution in [3.8, 4) is 0 Å². The van der Waals surface area contributed by atoms with E-state index in [0.29, 0.717) is 12.2 Å². The summed E-state index contributed by atoms with van der Waals surface area (Å²) in [4.78, 5) is 10.2. The second-order valence-electron chi connectivity index (χ2n) is 6.39. The summed E-state index contributed by atoms with van der Waals surface area (Å²) in [6, 6.07) is 13.8. The fourth-order valence-electron chi connectivity index (χ4n) is 3.58. The Morgan fingerprint density at radius 1 is 1.00 bits per heavy atom. The molecule has 9 heteroatoms. The lowest BCUT2D eigenvalue weighted by Crippen LogP contribution is -2.42. The van der Waals surface area contributed by atoms with Crippen molar-refractivity contribution in [3.05, 3.63) is 94.0 Å². The molecule has 0 N–H and O–H groups in total. The van der Waals surface area contributed by atoms with Crippen LogP contribution in [0.4, 0.5) is 10.1 Å². The number of para-hydroxylation sites is 1. The second-order valence-corrected chi connectivity index (χ2v) is 8.25. The third-order valence-corrected chi connectivity index (χ3v) is 6.75. The van der Waals surface area contributed by atoms with Crippen LogP contribution in [0.5, 0.6) is 0 Å². The van der Waals surface area contributed by atoms with Gasteiger partial charge in [0.15, 0.2) is 4.90 Å². The van der Waals surface area contributed by atoms with Gasteiger partial charge < -0.3 is 4.57 Å². The zero-order chi connectivity index (χ0) is 19.9. The van der Waals surface area contributed by atoms with Gasteiger partial charge >= 0.3 is 0 Å². The zero-order valence-corrected chi connectivity index (χ0v) is 15.4. The Morgan fingerprint density at radius 3 is 2.46 bits per heavy atom. The SMILES string of the molecule is O=[N+]([O-])c1ccccc1S(=O)(=O)N1CCn2cccc2[C@H]1c1ccccc1F. The molecule has 0 amide bonds. The summed E-state index contributed by atoms with van der Waals surface area (Å²) < 4.78 is 44.5. The Hall–Kier alpha value is -3.04. The summed E-state index contributed by atoms with van der Waals surface area (Å²) in [6.07, 6.45) is 1.80. The van der Waals surface area contributed by atoms with Crippen LogP contribution in [0.25, 0.3) is 0 Å². The van der Waals surface area contributed by atoms with E-state index in [4.69, 9.17) is 0 Å². The molecule has 0 bridgehead atoms. The van der Waals surface area contributed by atoms with Gasteiger partial charge in [-0.15, -0.1) is 0 Å². The van der Waals surface area contributed by atoms with Crippen molar-refractivity contribution in [1.29, 1.82) is 0 Å². The van der Waals surface area contributed by atoms with Crippen LogP contribution in [-0.2, 0) is 16.6 Å². The lowest BCUT2D eigenvalue weighted by Gasteiger charge is -2.36. The lowest BCUT2D eigenvalue weighted by molar-refractivity contribution is -0.387. The van der Waals surface area contributed by atoms with E-state index in [9.17, 15) is 22.9 Å². The fourth-order valence-corrected chi connectivity index (χ4v) is 5.32. The first-order chi connectivity index (χ1) is 13.4. The molecule has 2 aromatic carbocycles. The van der Waals surface area contributed by atoms with Crippen molar-refractivity contribution in [3.63, 3.8) is 0 Å². The number of nitrogens with zero attached hydrogens (tertiary/aromatic N) is 3. The summed E-state index contributed by atoms with van der Waals surface area (Å²) >= 11 is 0. The number of nitro benzene ring substituents is 1. The van der Waals surface area contributed by atoms with E-state index in [1.807, 2.05) is 4.57 Å². The van der Waals surface area contributed by atoms with Gasteiger partial charge in [-0.3, -0.25) is 10.1 Å². The Labute approximate surface area is 160 Å². The van der Waals surface area contributed by atoms with Gasteiger partial charge in [0.25, 0.3) is 15.7 Å². The number of rotatable bonds is 4.